The van der Waals surface area contributed by atoms with Gasteiger partial charge in [-0.05, 0) is 81.5 Å². The van der Waals surface area contributed by atoms with E-state index in [1.54, 1.807) is 12.1 Å². The Bertz CT molecular complexity index is 940. The molecule has 2 nitrogen and oxygen atoms in total. The van der Waals surface area contributed by atoms with Crippen LogP contribution >= 0.6 is 0 Å². The normalized spacial score (nSPS) is 17.5. The summed E-state index contributed by atoms with van der Waals surface area (Å²) in [5.74, 6) is 0.193. The molecule has 0 radical (unpaired) electrons. The summed E-state index contributed by atoms with van der Waals surface area (Å²) in [7, 11) is 0. The predicted molar refractivity (Wildman–Crippen MR) is 136 cm³/mol. The highest BCUT2D eigenvalue weighted by Crippen LogP contribution is 2.46. The van der Waals surface area contributed by atoms with Crippen molar-refractivity contribution in [3.8, 4) is 6.07 Å². The van der Waals surface area contributed by atoms with Crippen LogP contribution in [0.5, 0.6) is 0 Å². The van der Waals surface area contributed by atoms with Crippen LogP contribution < -0.4 is 0 Å². The second-order valence-electron chi connectivity index (χ2n) is 10.3. The molecular formula is C30H39F3N2. The van der Waals surface area contributed by atoms with E-state index in [0.29, 0.717) is 18.5 Å². The number of nitriles is 1. The summed E-state index contributed by atoms with van der Waals surface area (Å²) >= 11 is 0. The van der Waals surface area contributed by atoms with Crippen molar-refractivity contribution >= 4 is 0 Å². The molecule has 0 aromatic heterocycles. The first-order valence-corrected chi connectivity index (χ1v) is 13.1. The first-order valence-electron chi connectivity index (χ1n) is 13.1. The van der Waals surface area contributed by atoms with Crippen LogP contribution in [0.4, 0.5) is 13.2 Å². The Hall–Kier alpha value is -2.32. The molecule has 1 aliphatic carbocycles. The van der Waals surface area contributed by atoms with Gasteiger partial charge in [-0.15, -0.1) is 0 Å². The quantitative estimate of drug-likeness (QED) is 0.322. The SMILES string of the molecule is CCC(CCC(C#N)(c1ccc(C(F)(F)F)cc1)C1CCCC1)N(CCc1ccccc1)C(C)C. The number of hydrogen-bond acceptors (Lipinski definition) is 2. The second-order valence-corrected chi connectivity index (χ2v) is 10.3. The Morgan fingerprint density at radius 2 is 1.57 bits per heavy atom. The van der Waals surface area contributed by atoms with Gasteiger partial charge in [0, 0.05) is 18.6 Å². The largest absolute Gasteiger partial charge is 0.416 e. The molecule has 0 amide bonds. The fourth-order valence-electron chi connectivity index (χ4n) is 5.94. The monoisotopic (exact) mass is 484 g/mol. The zero-order chi connectivity index (χ0) is 25.5. The molecule has 1 aliphatic rings. The van der Waals surface area contributed by atoms with Crippen molar-refractivity contribution in [2.75, 3.05) is 6.54 Å². The van der Waals surface area contributed by atoms with Gasteiger partial charge in [0.2, 0.25) is 0 Å². The van der Waals surface area contributed by atoms with E-state index in [9.17, 15) is 18.4 Å². The Morgan fingerprint density at radius 1 is 0.971 bits per heavy atom. The van der Waals surface area contributed by atoms with E-state index in [1.807, 2.05) is 6.07 Å². The summed E-state index contributed by atoms with van der Waals surface area (Å²) in [6.07, 6.45) is 3.21. The maximum Gasteiger partial charge on any atom is 0.416 e. The molecule has 190 valence electrons. The Labute approximate surface area is 209 Å². The zero-order valence-electron chi connectivity index (χ0n) is 21.3. The minimum absolute atomic E-state index is 0.193. The van der Waals surface area contributed by atoms with Crippen molar-refractivity contribution in [3.05, 3.63) is 71.3 Å². The van der Waals surface area contributed by atoms with Crippen LogP contribution in [0.15, 0.2) is 54.6 Å². The summed E-state index contributed by atoms with van der Waals surface area (Å²) in [5, 5.41) is 10.5. The van der Waals surface area contributed by atoms with E-state index in [-0.39, 0.29) is 5.92 Å². The van der Waals surface area contributed by atoms with Gasteiger partial charge in [-0.2, -0.15) is 18.4 Å². The van der Waals surface area contributed by atoms with Gasteiger partial charge in [0.15, 0.2) is 0 Å². The highest BCUT2D eigenvalue weighted by molar-refractivity contribution is 5.37. The van der Waals surface area contributed by atoms with E-state index in [4.69, 9.17) is 0 Å². The molecule has 2 atom stereocenters. The summed E-state index contributed by atoms with van der Waals surface area (Å²) < 4.78 is 39.6. The lowest BCUT2D eigenvalue weighted by molar-refractivity contribution is -0.137. The fourth-order valence-corrected chi connectivity index (χ4v) is 5.94. The lowest BCUT2D eigenvalue weighted by atomic mass is 9.67. The van der Waals surface area contributed by atoms with E-state index in [1.165, 1.54) is 5.56 Å². The van der Waals surface area contributed by atoms with Crippen molar-refractivity contribution < 1.29 is 13.2 Å². The number of halogens is 3. The molecule has 2 aromatic rings. The summed E-state index contributed by atoms with van der Waals surface area (Å²) in [4.78, 5) is 2.54. The van der Waals surface area contributed by atoms with Gasteiger partial charge in [0.25, 0.3) is 0 Å². The van der Waals surface area contributed by atoms with Gasteiger partial charge in [-0.3, -0.25) is 4.90 Å². The average Bonchev–Trinajstić information content (AvgIpc) is 3.39. The van der Waals surface area contributed by atoms with Gasteiger partial charge in [-0.25, -0.2) is 0 Å². The smallest absolute Gasteiger partial charge is 0.298 e. The lowest BCUT2D eigenvalue weighted by Gasteiger charge is -2.39. The minimum atomic E-state index is -4.37. The van der Waals surface area contributed by atoms with E-state index in [0.717, 1.165) is 69.2 Å². The van der Waals surface area contributed by atoms with E-state index in [2.05, 4.69) is 56.0 Å². The number of rotatable bonds is 11. The number of benzene rings is 2. The molecule has 35 heavy (non-hydrogen) atoms. The van der Waals surface area contributed by atoms with E-state index < -0.39 is 17.2 Å². The molecule has 2 aromatic carbocycles. The first-order chi connectivity index (χ1) is 16.7. The molecule has 0 aliphatic heterocycles. The third kappa shape index (κ3) is 6.67. The fraction of sp³-hybridized carbons (Fsp3) is 0.567. The second kappa shape index (κ2) is 12.1. The van der Waals surface area contributed by atoms with Crippen LogP contribution in [0.25, 0.3) is 0 Å². The molecule has 0 saturated heterocycles. The van der Waals surface area contributed by atoms with Gasteiger partial charge in [0.1, 0.15) is 0 Å². The Balaban J connectivity index is 1.82. The number of alkyl halides is 3. The molecule has 1 fully saturated rings. The number of nitrogens with zero attached hydrogens (tertiary/aromatic N) is 2. The van der Waals surface area contributed by atoms with Crippen molar-refractivity contribution in [1.82, 2.24) is 4.90 Å². The summed E-state index contributed by atoms with van der Waals surface area (Å²) in [6, 6.07) is 19.2. The van der Waals surface area contributed by atoms with Gasteiger partial charge < -0.3 is 0 Å². The molecule has 0 heterocycles. The van der Waals surface area contributed by atoms with Crippen LogP contribution in [0, 0.1) is 17.2 Å². The van der Waals surface area contributed by atoms with E-state index >= 15 is 0 Å². The highest BCUT2D eigenvalue weighted by atomic mass is 19.4. The molecule has 3 rings (SSSR count). The highest BCUT2D eigenvalue weighted by Gasteiger charge is 2.43. The third-order valence-electron chi connectivity index (χ3n) is 7.96. The van der Waals surface area contributed by atoms with Crippen LogP contribution in [0.1, 0.15) is 82.4 Å². The van der Waals surface area contributed by atoms with Gasteiger partial charge in [-0.1, -0.05) is 62.2 Å². The van der Waals surface area contributed by atoms with Crippen molar-refractivity contribution in [2.45, 2.75) is 95.8 Å². The predicted octanol–water partition coefficient (Wildman–Crippen LogP) is 8.17. The topological polar surface area (TPSA) is 27.0 Å². The Morgan fingerprint density at radius 3 is 2.09 bits per heavy atom. The Kier molecular flexibility index (Phi) is 9.41. The standard InChI is InChI=1S/C30H39F3N2/c1-4-28(35(23(2)3)21-19-24-10-6-5-7-11-24)18-20-29(22-34,25-12-8-9-13-25)26-14-16-27(17-15-26)30(31,32)33/h5-7,10-11,14-17,23,25,28H,4,8-9,12-13,18-21H2,1-3H3. The maximum absolute atomic E-state index is 13.2. The minimum Gasteiger partial charge on any atom is -0.298 e. The molecule has 1 saturated carbocycles. The van der Waals surface area contributed by atoms with Crippen molar-refractivity contribution in [1.29, 1.82) is 5.26 Å². The van der Waals surface area contributed by atoms with Gasteiger partial charge in [0.05, 0.1) is 17.0 Å². The molecular weight excluding hydrogens is 445 g/mol. The van der Waals surface area contributed by atoms with Gasteiger partial charge >= 0.3 is 6.18 Å². The van der Waals surface area contributed by atoms with Crippen LogP contribution in [-0.4, -0.2) is 23.5 Å². The maximum atomic E-state index is 13.2. The first kappa shape index (κ1) is 27.3. The van der Waals surface area contributed by atoms with Crippen LogP contribution in [-0.2, 0) is 18.0 Å². The molecule has 5 heteroatoms. The molecule has 0 bridgehead atoms. The average molecular weight is 485 g/mol. The summed E-state index contributed by atoms with van der Waals surface area (Å²) in [5.41, 5.74) is 0.666. The van der Waals surface area contributed by atoms with Crippen LogP contribution in [0.2, 0.25) is 0 Å². The van der Waals surface area contributed by atoms with Crippen molar-refractivity contribution in [3.63, 3.8) is 0 Å². The molecule has 0 N–H and O–H groups in total. The molecule has 0 spiro atoms. The van der Waals surface area contributed by atoms with Crippen molar-refractivity contribution in [2.24, 2.45) is 5.92 Å². The zero-order valence-corrected chi connectivity index (χ0v) is 21.3. The molecule has 2 unspecified atom stereocenters. The van der Waals surface area contributed by atoms with Crippen LogP contribution in [0.3, 0.4) is 0 Å². The lowest BCUT2D eigenvalue weighted by Crippen LogP contribution is -2.43. The number of hydrogen-bond donors (Lipinski definition) is 0. The third-order valence-corrected chi connectivity index (χ3v) is 7.96. The summed E-state index contributed by atoms with van der Waals surface area (Å²) in [6.45, 7) is 7.59.